The number of hydrogen-bond donors (Lipinski definition) is 0. The average Bonchev–Trinajstić information content (AvgIpc) is 3.22. The molecule has 0 radical (unpaired) electrons. The number of hydrogen-bond acceptors (Lipinski definition) is 2. The lowest BCUT2D eigenvalue weighted by Crippen LogP contribution is -2.14. The summed E-state index contributed by atoms with van der Waals surface area (Å²) >= 11 is 0. The van der Waals surface area contributed by atoms with Crippen molar-refractivity contribution in [3.8, 4) is 33.4 Å². The highest BCUT2D eigenvalue weighted by Crippen LogP contribution is 2.44. The molecule has 0 amide bonds. The second kappa shape index (κ2) is 15.6. The molecule has 8 rings (SSSR count). The van der Waals surface area contributed by atoms with Gasteiger partial charge in [-0.1, -0.05) is 133 Å². The highest BCUT2D eigenvalue weighted by Gasteiger charge is 2.21. The standard InChI is InChI=1S/C54H48N2/c1-37-15-13-16-38(2)53(37)55(49-29-23-45(24-30-49)43-19-9-7-10-20-43)51-33-27-47(35-41(51)5)48-28-34-52(42(6)36-48)56(54-39(3)17-14-18-40(54)4)50-31-25-46(26-32-50)44-21-11-8-12-22-44/h7-36H,1-6H3. The van der Waals surface area contributed by atoms with Gasteiger partial charge in [-0.15, -0.1) is 0 Å². The van der Waals surface area contributed by atoms with Crippen LogP contribution in [0, 0.1) is 41.5 Å². The van der Waals surface area contributed by atoms with Gasteiger partial charge in [-0.05, 0) is 157 Å². The number of benzene rings is 8. The van der Waals surface area contributed by atoms with Gasteiger partial charge < -0.3 is 9.80 Å². The summed E-state index contributed by atoms with van der Waals surface area (Å²) in [6, 6.07) is 66.1. The van der Waals surface area contributed by atoms with E-state index >= 15 is 0 Å². The molecule has 0 saturated carbocycles. The lowest BCUT2D eigenvalue weighted by molar-refractivity contribution is 1.20. The maximum absolute atomic E-state index is 2.43. The van der Waals surface area contributed by atoms with Crippen LogP contribution in [-0.4, -0.2) is 0 Å². The van der Waals surface area contributed by atoms with Crippen molar-refractivity contribution in [2.75, 3.05) is 9.80 Å². The van der Waals surface area contributed by atoms with Crippen LogP contribution in [0.2, 0.25) is 0 Å². The van der Waals surface area contributed by atoms with E-state index in [1.54, 1.807) is 0 Å². The van der Waals surface area contributed by atoms with Crippen LogP contribution in [0.3, 0.4) is 0 Å². The first-order valence-electron chi connectivity index (χ1n) is 19.5. The van der Waals surface area contributed by atoms with Gasteiger partial charge in [0.2, 0.25) is 0 Å². The molecule has 2 nitrogen and oxygen atoms in total. The van der Waals surface area contributed by atoms with E-state index in [1.807, 2.05) is 0 Å². The first-order valence-corrected chi connectivity index (χ1v) is 19.5. The Morgan fingerprint density at radius 3 is 0.875 bits per heavy atom. The van der Waals surface area contributed by atoms with Crippen LogP contribution in [0.1, 0.15) is 33.4 Å². The van der Waals surface area contributed by atoms with Crippen LogP contribution in [0.4, 0.5) is 34.1 Å². The summed E-state index contributed by atoms with van der Waals surface area (Å²) in [6.07, 6.45) is 0. The molecule has 56 heavy (non-hydrogen) atoms. The molecule has 0 unspecified atom stereocenters. The quantitative estimate of drug-likeness (QED) is 0.146. The molecule has 0 atom stereocenters. The largest absolute Gasteiger partial charge is 0.310 e. The van der Waals surface area contributed by atoms with Gasteiger partial charge in [0.15, 0.2) is 0 Å². The van der Waals surface area contributed by atoms with Gasteiger partial charge in [0.25, 0.3) is 0 Å². The highest BCUT2D eigenvalue weighted by atomic mass is 15.2. The van der Waals surface area contributed by atoms with Crippen LogP contribution in [0.25, 0.3) is 33.4 Å². The zero-order chi connectivity index (χ0) is 38.8. The van der Waals surface area contributed by atoms with Gasteiger partial charge in [-0.25, -0.2) is 0 Å². The molecule has 8 aromatic carbocycles. The van der Waals surface area contributed by atoms with Crippen molar-refractivity contribution in [3.63, 3.8) is 0 Å². The van der Waals surface area contributed by atoms with Gasteiger partial charge in [-0.2, -0.15) is 0 Å². The Hall–Kier alpha value is -6.64. The molecule has 0 heterocycles. The fourth-order valence-electron chi connectivity index (χ4n) is 8.13. The lowest BCUT2D eigenvalue weighted by atomic mass is 9.97. The molecule has 0 aliphatic heterocycles. The molecule has 274 valence electrons. The van der Waals surface area contributed by atoms with E-state index in [4.69, 9.17) is 0 Å². The van der Waals surface area contributed by atoms with Crippen LogP contribution in [0.5, 0.6) is 0 Å². The van der Waals surface area contributed by atoms with Gasteiger partial charge in [0, 0.05) is 22.7 Å². The molecule has 0 spiro atoms. The summed E-state index contributed by atoms with van der Waals surface area (Å²) in [4.78, 5) is 4.86. The van der Waals surface area contributed by atoms with Gasteiger partial charge >= 0.3 is 0 Å². The van der Waals surface area contributed by atoms with Crippen LogP contribution < -0.4 is 9.80 Å². The fourth-order valence-corrected chi connectivity index (χ4v) is 8.13. The van der Waals surface area contributed by atoms with Crippen molar-refractivity contribution in [3.05, 3.63) is 215 Å². The molecule has 0 aromatic heterocycles. The Labute approximate surface area is 333 Å². The molecule has 2 heteroatoms. The molecule has 0 aliphatic carbocycles. The van der Waals surface area contributed by atoms with Gasteiger partial charge in [0.05, 0.1) is 11.4 Å². The van der Waals surface area contributed by atoms with Gasteiger partial charge in [0.1, 0.15) is 0 Å². The van der Waals surface area contributed by atoms with E-state index in [0.717, 1.165) is 11.4 Å². The minimum Gasteiger partial charge on any atom is -0.310 e. The molecule has 0 N–H and O–H groups in total. The molecule has 0 bridgehead atoms. The summed E-state index contributed by atoms with van der Waals surface area (Å²) in [5.74, 6) is 0. The summed E-state index contributed by atoms with van der Waals surface area (Å²) in [7, 11) is 0. The first kappa shape index (κ1) is 36.3. The minimum absolute atomic E-state index is 1.14. The number of anilines is 6. The second-order valence-electron chi connectivity index (χ2n) is 15.0. The molecule has 0 saturated heterocycles. The van der Waals surface area contributed by atoms with Crippen molar-refractivity contribution in [2.24, 2.45) is 0 Å². The van der Waals surface area contributed by atoms with E-state index in [-0.39, 0.29) is 0 Å². The molecular weight excluding hydrogens is 677 g/mol. The number of rotatable bonds is 9. The third kappa shape index (κ3) is 7.14. The maximum Gasteiger partial charge on any atom is 0.0520 e. The third-order valence-electron chi connectivity index (χ3n) is 11.0. The van der Waals surface area contributed by atoms with Crippen LogP contribution in [0.15, 0.2) is 182 Å². The van der Waals surface area contributed by atoms with Crippen LogP contribution in [-0.2, 0) is 0 Å². The van der Waals surface area contributed by atoms with E-state index in [2.05, 4.69) is 233 Å². The van der Waals surface area contributed by atoms with Gasteiger partial charge in [-0.3, -0.25) is 0 Å². The third-order valence-corrected chi connectivity index (χ3v) is 11.0. The first-order chi connectivity index (χ1) is 27.3. The summed E-state index contributed by atoms with van der Waals surface area (Å²) in [5.41, 5.74) is 21.7. The Morgan fingerprint density at radius 1 is 0.250 bits per heavy atom. The van der Waals surface area contributed by atoms with Crippen molar-refractivity contribution < 1.29 is 0 Å². The fraction of sp³-hybridized carbons (Fsp3) is 0.111. The smallest absolute Gasteiger partial charge is 0.0520 e. The van der Waals surface area contributed by atoms with Crippen molar-refractivity contribution in [1.29, 1.82) is 0 Å². The normalized spacial score (nSPS) is 11.0. The van der Waals surface area contributed by atoms with E-state index < -0.39 is 0 Å². The highest BCUT2D eigenvalue weighted by molar-refractivity contribution is 5.87. The van der Waals surface area contributed by atoms with E-state index in [9.17, 15) is 0 Å². The summed E-state index contributed by atoms with van der Waals surface area (Å²) < 4.78 is 0. The average molecular weight is 725 g/mol. The van der Waals surface area contributed by atoms with Crippen LogP contribution >= 0.6 is 0 Å². The predicted molar refractivity (Wildman–Crippen MR) is 241 cm³/mol. The van der Waals surface area contributed by atoms with E-state index in [1.165, 1.54) is 89.5 Å². The molecule has 8 aromatic rings. The second-order valence-corrected chi connectivity index (χ2v) is 15.0. The summed E-state index contributed by atoms with van der Waals surface area (Å²) in [6.45, 7) is 13.3. The molecular formula is C54H48N2. The van der Waals surface area contributed by atoms with Crippen molar-refractivity contribution >= 4 is 34.1 Å². The Morgan fingerprint density at radius 2 is 0.554 bits per heavy atom. The Balaban J connectivity index is 1.17. The number of nitrogens with zero attached hydrogens (tertiary/aromatic N) is 2. The van der Waals surface area contributed by atoms with Crippen molar-refractivity contribution in [2.45, 2.75) is 41.5 Å². The number of para-hydroxylation sites is 2. The summed E-state index contributed by atoms with van der Waals surface area (Å²) in [5, 5.41) is 0. The monoisotopic (exact) mass is 724 g/mol. The van der Waals surface area contributed by atoms with E-state index in [0.29, 0.717) is 0 Å². The minimum atomic E-state index is 1.14. The van der Waals surface area contributed by atoms with Crippen molar-refractivity contribution in [1.82, 2.24) is 0 Å². The molecule has 0 aliphatic rings. The Bertz CT molecular complexity index is 2400. The predicted octanol–water partition coefficient (Wildman–Crippen LogP) is 15.5. The SMILES string of the molecule is Cc1cc(-c2ccc(N(c3ccc(-c4ccccc4)cc3)c3c(C)cccc3C)c(C)c2)ccc1N(c1ccc(-c2ccccc2)cc1)c1c(C)cccc1C. The Kier molecular flexibility index (Phi) is 10.1. The number of aryl methyl sites for hydroxylation is 6. The zero-order valence-electron chi connectivity index (χ0n) is 33.2. The maximum atomic E-state index is 2.43. The zero-order valence-corrected chi connectivity index (χ0v) is 33.2. The lowest BCUT2D eigenvalue weighted by Gasteiger charge is -2.31. The molecule has 0 fully saturated rings. The topological polar surface area (TPSA) is 6.48 Å².